The van der Waals surface area contributed by atoms with E-state index in [-0.39, 0.29) is 12.1 Å². The van der Waals surface area contributed by atoms with Crippen LogP contribution in [0.15, 0.2) is 0 Å². The molecule has 0 radical (unpaired) electrons. The summed E-state index contributed by atoms with van der Waals surface area (Å²) in [5.74, 6) is 0. The largest absolute Gasteiger partial charge is 0.335 e. The predicted molar refractivity (Wildman–Crippen MR) is 59.8 cm³/mol. The van der Waals surface area contributed by atoms with Crippen molar-refractivity contribution in [1.29, 1.82) is 5.26 Å². The first-order valence-corrected chi connectivity index (χ1v) is 5.94. The molecule has 1 saturated carbocycles. The minimum Gasteiger partial charge on any atom is -0.335 e. The summed E-state index contributed by atoms with van der Waals surface area (Å²) in [5.41, 5.74) is 0. The van der Waals surface area contributed by atoms with Gasteiger partial charge < -0.3 is 10.6 Å². The van der Waals surface area contributed by atoms with Crippen LogP contribution in [-0.2, 0) is 0 Å². The zero-order valence-electron chi connectivity index (χ0n) is 9.41. The van der Waals surface area contributed by atoms with Gasteiger partial charge in [0.05, 0.1) is 12.6 Å². The predicted octanol–water partition coefficient (Wildman–Crippen LogP) is 0.436. The second-order valence-corrected chi connectivity index (χ2v) is 4.60. The molecule has 0 atom stereocenters. The lowest BCUT2D eigenvalue weighted by Gasteiger charge is -2.30. The molecule has 2 aliphatic rings. The van der Waals surface area contributed by atoms with Gasteiger partial charge in [0, 0.05) is 25.2 Å². The molecule has 5 heteroatoms. The molecule has 0 unspecified atom stereocenters. The molecule has 0 bridgehead atoms. The molecule has 2 fully saturated rings. The maximum atomic E-state index is 11.5. The molecule has 0 aromatic carbocycles. The molecule has 16 heavy (non-hydrogen) atoms. The van der Waals surface area contributed by atoms with E-state index in [9.17, 15) is 4.79 Å². The van der Waals surface area contributed by atoms with Crippen LogP contribution in [0.1, 0.15) is 25.7 Å². The van der Waals surface area contributed by atoms with E-state index in [0.717, 1.165) is 38.8 Å². The van der Waals surface area contributed by atoms with Crippen LogP contribution in [0.25, 0.3) is 0 Å². The summed E-state index contributed by atoms with van der Waals surface area (Å²) >= 11 is 0. The minimum absolute atomic E-state index is 0.0266. The number of nitriles is 1. The Morgan fingerprint density at radius 2 is 1.75 bits per heavy atom. The Bertz CT molecular complexity index is 287. The number of carbonyl (C=O) groups is 1. The number of hydrogen-bond donors (Lipinski definition) is 2. The van der Waals surface area contributed by atoms with Gasteiger partial charge in [-0.15, -0.1) is 0 Å². The van der Waals surface area contributed by atoms with E-state index in [2.05, 4.69) is 21.6 Å². The number of nitrogens with zero attached hydrogens (tertiary/aromatic N) is 2. The summed E-state index contributed by atoms with van der Waals surface area (Å²) in [6, 6.07) is 2.81. The highest BCUT2D eigenvalue weighted by atomic mass is 16.2. The zero-order chi connectivity index (χ0) is 11.4. The van der Waals surface area contributed by atoms with Gasteiger partial charge in [-0.1, -0.05) is 0 Å². The summed E-state index contributed by atoms with van der Waals surface area (Å²) in [7, 11) is 0. The number of likely N-dealkylation sites (tertiary alicyclic amines) is 1. The maximum Gasteiger partial charge on any atom is 0.315 e. The molecular formula is C11H18N4O. The first-order valence-electron chi connectivity index (χ1n) is 5.94. The molecule has 1 aliphatic heterocycles. The van der Waals surface area contributed by atoms with Gasteiger partial charge in [0.25, 0.3) is 0 Å². The van der Waals surface area contributed by atoms with Crippen molar-refractivity contribution < 1.29 is 4.79 Å². The van der Waals surface area contributed by atoms with E-state index in [0.29, 0.717) is 12.6 Å². The van der Waals surface area contributed by atoms with Crippen LogP contribution in [0, 0.1) is 11.3 Å². The van der Waals surface area contributed by atoms with E-state index >= 15 is 0 Å². The van der Waals surface area contributed by atoms with E-state index in [1.807, 2.05) is 0 Å². The molecule has 0 aromatic heterocycles. The number of hydrogen-bond acceptors (Lipinski definition) is 3. The first kappa shape index (κ1) is 11.2. The van der Waals surface area contributed by atoms with E-state index in [1.165, 1.54) is 0 Å². The fourth-order valence-corrected chi connectivity index (χ4v) is 1.98. The molecule has 88 valence electrons. The molecular weight excluding hydrogens is 204 g/mol. The van der Waals surface area contributed by atoms with Gasteiger partial charge in [0.2, 0.25) is 0 Å². The van der Waals surface area contributed by atoms with E-state index in [1.54, 1.807) is 0 Å². The van der Waals surface area contributed by atoms with Gasteiger partial charge >= 0.3 is 6.03 Å². The van der Waals surface area contributed by atoms with Crippen LogP contribution >= 0.6 is 0 Å². The monoisotopic (exact) mass is 222 g/mol. The number of carbonyl (C=O) groups excluding carboxylic acids is 1. The number of amides is 2. The average Bonchev–Trinajstić information content (AvgIpc) is 3.05. The summed E-state index contributed by atoms with van der Waals surface area (Å²) in [4.78, 5) is 13.6. The normalized spacial score (nSPS) is 22.4. The van der Waals surface area contributed by atoms with Crippen LogP contribution < -0.4 is 10.6 Å². The number of urea groups is 1. The highest BCUT2D eigenvalue weighted by molar-refractivity contribution is 5.74. The van der Waals surface area contributed by atoms with Crippen molar-refractivity contribution in [3.8, 4) is 6.07 Å². The Morgan fingerprint density at radius 3 is 2.25 bits per heavy atom. The number of rotatable bonds is 3. The van der Waals surface area contributed by atoms with Crippen LogP contribution in [-0.4, -0.2) is 42.6 Å². The molecule has 2 N–H and O–H groups in total. The zero-order valence-corrected chi connectivity index (χ0v) is 9.41. The van der Waals surface area contributed by atoms with Gasteiger partial charge in [-0.3, -0.25) is 4.90 Å². The highest BCUT2D eigenvalue weighted by Gasteiger charge is 2.25. The van der Waals surface area contributed by atoms with Gasteiger partial charge in [-0.25, -0.2) is 4.79 Å². The molecule has 1 aliphatic carbocycles. The average molecular weight is 222 g/mol. The van der Waals surface area contributed by atoms with Gasteiger partial charge in [-0.2, -0.15) is 5.26 Å². The number of piperidine rings is 1. The molecule has 2 rings (SSSR count). The van der Waals surface area contributed by atoms with Crippen molar-refractivity contribution in [2.45, 2.75) is 37.8 Å². The summed E-state index contributed by atoms with van der Waals surface area (Å²) < 4.78 is 0. The Labute approximate surface area is 95.8 Å². The van der Waals surface area contributed by atoms with E-state index in [4.69, 9.17) is 5.26 Å². The lowest BCUT2D eigenvalue weighted by atomic mass is 10.1. The fourth-order valence-electron chi connectivity index (χ4n) is 1.98. The van der Waals surface area contributed by atoms with Crippen molar-refractivity contribution in [2.75, 3.05) is 19.6 Å². The molecule has 1 heterocycles. The van der Waals surface area contributed by atoms with Gasteiger partial charge in [0.1, 0.15) is 0 Å². The van der Waals surface area contributed by atoms with Crippen molar-refractivity contribution in [3.63, 3.8) is 0 Å². The third-order valence-electron chi connectivity index (χ3n) is 3.13. The van der Waals surface area contributed by atoms with Crippen LogP contribution in [0.4, 0.5) is 4.79 Å². The first-order chi connectivity index (χ1) is 7.78. The summed E-state index contributed by atoms with van der Waals surface area (Å²) in [5, 5.41) is 14.5. The Kier molecular flexibility index (Phi) is 3.62. The Hall–Kier alpha value is -1.28. The Morgan fingerprint density at radius 1 is 1.19 bits per heavy atom. The van der Waals surface area contributed by atoms with Gasteiger partial charge in [0.15, 0.2) is 0 Å². The van der Waals surface area contributed by atoms with Crippen molar-refractivity contribution in [3.05, 3.63) is 0 Å². The van der Waals surface area contributed by atoms with Crippen LogP contribution in [0.5, 0.6) is 0 Å². The molecule has 1 saturated heterocycles. The summed E-state index contributed by atoms with van der Waals surface area (Å²) in [6.45, 7) is 2.31. The second-order valence-electron chi connectivity index (χ2n) is 4.60. The lowest BCUT2D eigenvalue weighted by Crippen LogP contribution is -2.48. The van der Waals surface area contributed by atoms with E-state index < -0.39 is 0 Å². The molecule has 0 aromatic rings. The van der Waals surface area contributed by atoms with Crippen molar-refractivity contribution in [1.82, 2.24) is 15.5 Å². The third-order valence-corrected chi connectivity index (χ3v) is 3.13. The van der Waals surface area contributed by atoms with Gasteiger partial charge in [-0.05, 0) is 25.7 Å². The Balaban J connectivity index is 1.64. The quantitative estimate of drug-likeness (QED) is 0.681. The molecule has 5 nitrogen and oxygen atoms in total. The second kappa shape index (κ2) is 5.17. The molecule has 2 amide bonds. The SMILES string of the molecule is N#CCN1CCC(NC(=O)NC2CC2)CC1. The minimum atomic E-state index is -0.0266. The van der Waals surface area contributed by atoms with Crippen molar-refractivity contribution in [2.24, 2.45) is 0 Å². The fraction of sp³-hybridized carbons (Fsp3) is 0.818. The number of nitrogens with one attached hydrogen (secondary N) is 2. The van der Waals surface area contributed by atoms with Crippen molar-refractivity contribution >= 4 is 6.03 Å². The maximum absolute atomic E-state index is 11.5. The third kappa shape index (κ3) is 3.38. The smallest absolute Gasteiger partial charge is 0.315 e. The van der Waals surface area contributed by atoms with Crippen LogP contribution in [0.2, 0.25) is 0 Å². The highest BCUT2D eigenvalue weighted by Crippen LogP contribution is 2.18. The standard InChI is InChI=1S/C11H18N4O/c12-5-8-15-6-3-10(4-7-15)14-11(16)13-9-1-2-9/h9-10H,1-4,6-8H2,(H2,13,14,16). The topological polar surface area (TPSA) is 68.2 Å². The molecule has 0 spiro atoms. The lowest BCUT2D eigenvalue weighted by molar-refractivity contribution is 0.205. The van der Waals surface area contributed by atoms with Crippen LogP contribution in [0.3, 0.4) is 0 Å². The summed E-state index contributed by atoms with van der Waals surface area (Å²) in [6.07, 6.45) is 4.13.